The first-order valence-electron chi connectivity index (χ1n) is 38.4. The van der Waals surface area contributed by atoms with E-state index in [-0.39, 0.29) is 0 Å². The molecule has 0 aliphatic heterocycles. The fraction of sp³-hybridized carbons (Fsp3) is 1.00. The zero-order chi connectivity index (χ0) is 63.0. The van der Waals surface area contributed by atoms with E-state index in [1.54, 1.807) is 6.42 Å². The van der Waals surface area contributed by atoms with Gasteiger partial charge in [-0.15, -0.1) is 0 Å². The Kier molecular flexibility index (Phi) is 37.0. The standard InChI is InChI=1S/C14H24O.C12H24O.C11H20O.2C11H22O.2C10H20O/c1-3-15-9-14(2)12-5-10-4-11(7-12)8-13(14)6-10;1-4-13-10-12(11(2)3)8-6-5-7-9-12;1-3-12-8-11(2)7-9-4-5-10(11)6-9;1-4-12-9-11(10(2)3)7-5-6-8-11;1-3-11(10-12-4-2)8-6-5-7-9-11;1-3-11-9-10(2)7-5-4-6-8-10;1-3-10(9-11-4-2)7-5-6-8-10/h10-13H,3-9H2,1-2H3;11H,4-10H2,1-3H3;9-10H,3-8H2,1-2H3;10H,4-9H2,1-3H3;3-10H2,1-2H3;2*3-9H2,1-2H3. The second-order valence-corrected chi connectivity index (χ2v) is 32.2. The molecule has 3 atom stereocenters. The van der Waals surface area contributed by atoms with Gasteiger partial charge in [-0.25, -0.2) is 0 Å². The van der Waals surface area contributed by atoms with Gasteiger partial charge in [-0.2, -0.15) is 0 Å². The number of rotatable bonds is 25. The summed E-state index contributed by atoms with van der Waals surface area (Å²) in [6, 6.07) is 0. The van der Waals surface area contributed by atoms with Crippen molar-refractivity contribution >= 4 is 0 Å². The lowest BCUT2D eigenvalue weighted by atomic mass is 9.46. The fourth-order valence-corrected chi connectivity index (χ4v) is 18.9. The lowest BCUT2D eigenvalue weighted by Gasteiger charge is -2.60. The zero-order valence-electron chi connectivity index (χ0n) is 60.9. The van der Waals surface area contributed by atoms with Crippen LogP contribution in [0.2, 0.25) is 0 Å². The van der Waals surface area contributed by atoms with Crippen molar-refractivity contribution in [1.82, 2.24) is 0 Å². The zero-order valence-corrected chi connectivity index (χ0v) is 60.9. The Bertz CT molecular complexity index is 1630. The molecule has 11 rings (SSSR count). The molecule has 0 saturated heterocycles. The SMILES string of the molecule is CCOCC1(C(C)C)CCCC1.CCOCC1(C(C)C)CCCCC1.CCOCC1(C)C2CC3CC(C2)CC1C3.CCOCC1(C)CC2CCC1C2.CCOCC1(C)CCCCC1.CCOCC1(CC)CCCC1.CCOCC1(CC)CCCCC1. The number of ether oxygens (including phenoxy) is 7. The van der Waals surface area contributed by atoms with Crippen LogP contribution in [0.25, 0.3) is 0 Å². The highest BCUT2D eigenvalue weighted by Gasteiger charge is 2.55. The maximum atomic E-state index is 5.76. The third-order valence-corrected chi connectivity index (χ3v) is 25.6. The molecule has 0 amide bonds. The van der Waals surface area contributed by atoms with Gasteiger partial charge in [-0.3, -0.25) is 0 Å². The molecule has 11 saturated carbocycles. The first-order valence-corrected chi connectivity index (χ1v) is 38.4. The number of fused-ring (bicyclic) bond motifs is 2. The quantitative estimate of drug-likeness (QED) is 0.0902. The van der Waals surface area contributed by atoms with Gasteiger partial charge in [0.2, 0.25) is 0 Å². The van der Waals surface area contributed by atoms with E-state index >= 15 is 0 Å². The summed E-state index contributed by atoms with van der Waals surface area (Å²) in [4.78, 5) is 0. The number of hydrogen-bond acceptors (Lipinski definition) is 7. The summed E-state index contributed by atoms with van der Waals surface area (Å²) in [6.07, 6.45) is 48.3. The summed E-state index contributed by atoms with van der Waals surface area (Å²) in [5.74, 6) is 7.73. The summed E-state index contributed by atoms with van der Waals surface area (Å²) in [5, 5.41) is 0. The predicted octanol–water partition coefficient (Wildman–Crippen LogP) is 22.6. The molecule has 3 unspecified atom stereocenters. The Morgan fingerprint density at radius 2 is 0.640 bits per heavy atom. The van der Waals surface area contributed by atoms with Gasteiger partial charge in [0.05, 0.1) is 46.2 Å². The lowest BCUT2D eigenvalue weighted by Crippen LogP contribution is -2.53. The first kappa shape index (κ1) is 78.2. The van der Waals surface area contributed by atoms with Gasteiger partial charge in [0.1, 0.15) is 0 Å². The van der Waals surface area contributed by atoms with Gasteiger partial charge in [0.15, 0.2) is 0 Å². The van der Waals surface area contributed by atoms with E-state index in [0.29, 0.717) is 37.9 Å². The summed E-state index contributed by atoms with van der Waals surface area (Å²) in [7, 11) is 0. The summed E-state index contributed by atoms with van der Waals surface area (Å²) in [5.41, 5.74) is 3.73. The van der Waals surface area contributed by atoms with Crippen molar-refractivity contribution in [3.8, 4) is 0 Å². The van der Waals surface area contributed by atoms with Crippen molar-refractivity contribution in [3.05, 3.63) is 0 Å². The highest BCUT2D eigenvalue weighted by Crippen LogP contribution is 2.62. The molecule has 86 heavy (non-hydrogen) atoms. The highest BCUT2D eigenvalue weighted by molar-refractivity contribution is 5.04. The van der Waals surface area contributed by atoms with Crippen molar-refractivity contribution < 1.29 is 33.2 Å². The molecular weight excluding hydrogens is 1060 g/mol. The van der Waals surface area contributed by atoms with Crippen LogP contribution in [0.5, 0.6) is 0 Å². The third kappa shape index (κ3) is 24.6. The van der Waals surface area contributed by atoms with Gasteiger partial charge >= 0.3 is 0 Å². The molecule has 0 radical (unpaired) electrons. The lowest BCUT2D eigenvalue weighted by molar-refractivity contribution is -0.132. The van der Waals surface area contributed by atoms with E-state index in [4.69, 9.17) is 33.2 Å². The van der Waals surface area contributed by atoms with Crippen LogP contribution in [-0.4, -0.2) is 92.5 Å². The molecule has 11 aliphatic carbocycles. The second kappa shape index (κ2) is 40.7. The van der Waals surface area contributed by atoms with Crippen LogP contribution < -0.4 is 0 Å². The molecule has 7 nitrogen and oxygen atoms in total. The Morgan fingerprint density at radius 1 is 0.314 bits per heavy atom. The van der Waals surface area contributed by atoms with Crippen LogP contribution in [0.3, 0.4) is 0 Å². The molecule has 11 fully saturated rings. The first-order chi connectivity index (χ1) is 41.3. The highest BCUT2D eigenvalue weighted by atomic mass is 16.5. The van der Waals surface area contributed by atoms with Gasteiger partial charge in [-0.05, 0) is 262 Å². The third-order valence-electron chi connectivity index (χ3n) is 25.6. The van der Waals surface area contributed by atoms with E-state index in [2.05, 4.69) is 111 Å². The van der Waals surface area contributed by atoms with Crippen LogP contribution in [0, 0.1) is 85.2 Å². The normalized spacial score (nSPS) is 30.9. The molecule has 11 aliphatic rings. The molecule has 0 heterocycles. The van der Waals surface area contributed by atoms with Crippen LogP contribution in [0.1, 0.15) is 329 Å². The monoisotopic (exact) mass is 1210 g/mol. The molecule has 0 aromatic heterocycles. The maximum absolute atomic E-state index is 5.76. The topological polar surface area (TPSA) is 64.6 Å². The van der Waals surface area contributed by atoms with Crippen molar-refractivity contribution in [2.24, 2.45) is 85.2 Å². The molecule has 0 aromatic rings. The number of hydrogen-bond donors (Lipinski definition) is 0. The average molecular weight is 1210 g/mol. The van der Waals surface area contributed by atoms with Gasteiger partial charge in [0, 0.05) is 46.2 Å². The van der Waals surface area contributed by atoms with Gasteiger partial charge < -0.3 is 33.2 Å². The molecule has 510 valence electrons. The van der Waals surface area contributed by atoms with E-state index < -0.39 is 0 Å². The van der Waals surface area contributed by atoms with Crippen molar-refractivity contribution in [2.75, 3.05) is 92.5 Å². The van der Waals surface area contributed by atoms with Gasteiger partial charge in [-0.1, -0.05) is 152 Å². The predicted molar refractivity (Wildman–Crippen MR) is 368 cm³/mol. The Morgan fingerprint density at radius 3 is 1.00 bits per heavy atom. The van der Waals surface area contributed by atoms with E-state index in [1.165, 1.54) is 212 Å². The molecule has 0 N–H and O–H groups in total. The van der Waals surface area contributed by atoms with Crippen molar-refractivity contribution in [1.29, 1.82) is 0 Å². The fourth-order valence-electron chi connectivity index (χ4n) is 18.9. The Hall–Kier alpha value is -0.280. The molecule has 6 bridgehead atoms. The Labute approximate surface area is 537 Å². The minimum Gasteiger partial charge on any atom is -0.381 e. The summed E-state index contributed by atoms with van der Waals surface area (Å²) >= 11 is 0. The molecule has 7 heteroatoms. The minimum atomic E-state index is 0.508. The molecule has 0 aromatic carbocycles. The van der Waals surface area contributed by atoms with E-state index in [9.17, 15) is 0 Å². The summed E-state index contributed by atoms with van der Waals surface area (Å²) < 4.78 is 39.1. The largest absolute Gasteiger partial charge is 0.381 e. The van der Waals surface area contributed by atoms with Crippen LogP contribution >= 0.6 is 0 Å². The van der Waals surface area contributed by atoms with Crippen LogP contribution in [-0.2, 0) is 33.2 Å². The second-order valence-electron chi connectivity index (χ2n) is 32.2. The van der Waals surface area contributed by atoms with Crippen LogP contribution in [0.4, 0.5) is 0 Å². The smallest absolute Gasteiger partial charge is 0.0524 e. The molecular formula is C79H152O7. The average Bonchev–Trinajstić information content (AvgIpc) is 1.21. The molecule has 0 spiro atoms. The van der Waals surface area contributed by atoms with E-state index in [1.807, 2.05) is 0 Å². The Balaban J connectivity index is 0.000000216. The summed E-state index contributed by atoms with van der Waals surface area (Å²) in [6.45, 7) is 49.0. The van der Waals surface area contributed by atoms with Crippen molar-refractivity contribution in [3.63, 3.8) is 0 Å². The van der Waals surface area contributed by atoms with E-state index in [0.717, 1.165) is 140 Å². The van der Waals surface area contributed by atoms with Crippen molar-refractivity contribution in [2.45, 2.75) is 329 Å². The minimum absolute atomic E-state index is 0.508. The van der Waals surface area contributed by atoms with Gasteiger partial charge in [0.25, 0.3) is 0 Å². The van der Waals surface area contributed by atoms with Crippen LogP contribution in [0.15, 0.2) is 0 Å². The maximum Gasteiger partial charge on any atom is 0.0524 e.